The Morgan fingerprint density at radius 2 is 2.10 bits per heavy atom. The third-order valence-corrected chi connectivity index (χ3v) is 6.98. The lowest BCUT2D eigenvalue weighted by Gasteiger charge is -2.60. The SMILES string of the molecule is CSC1CCC(NC(=O)C2(N)C3CCOC3C2(C)C)C1. The molecule has 5 atom stereocenters. The normalized spacial score (nSPS) is 45.8. The number of fused-ring (bicyclic) bond motifs is 1. The van der Waals surface area contributed by atoms with Crippen molar-refractivity contribution in [1.82, 2.24) is 5.32 Å². The second kappa shape index (κ2) is 4.89. The fourth-order valence-corrected chi connectivity index (χ4v) is 5.23. The fraction of sp³-hybridized carbons (Fsp3) is 0.933. The molecule has 20 heavy (non-hydrogen) atoms. The van der Waals surface area contributed by atoms with Crippen LogP contribution in [0.4, 0.5) is 0 Å². The first-order valence-corrected chi connectivity index (χ1v) is 8.94. The average molecular weight is 298 g/mol. The zero-order valence-corrected chi connectivity index (χ0v) is 13.5. The molecule has 1 heterocycles. The van der Waals surface area contributed by atoms with Crippen LogP contribution in [0.25, 0.3) is 0 Å². The van der Waals surface area contributed by atoms with Crippen molar-refractivity contribution in [3.05, 3.63) is 0 Å². The van der Waals surface area contributed by atoms with Gasteiger partial charge in [-0.15, -0.1) is 0 Å². The summed E-state index contributed by atoms with van der Waals surface area (Å²) in [5.74, 6) is 0.233. The van der Waals surface area contributed by atoms with Gasteiger partial charge >= 0.3 is 0 Å². The van der Waals surface area contributed by atoms with Crippen LogP contribution in [0.2, 0.25) is 0 Å². The number of carbonyl (C=O) groups excluding carboxylic acids is 1. The Bertz CT molecular complexity index is 415. The van der Waals surface area contributed by atoms with Crippen molar-refractivity contribution in [2.24, 2.45) is 17.1 Å². The summed E-state index contributed by atoms with van der Waals surface area (Å²) in [7, 11) is 0. The van der Waals surface area contributed by atoms with Gasteiger partial charge in [0.25, 0.3) is 0 Å². The van der Waals surface area contributed by atoms with Crippen LogP contribution >= 0.6 is 11.8 Å². The summed E-state index contributed by atoms with van der Waals surface area (Å²) in [6.07, 6.45) is 6.57. The van der Waals surface area contributed by atoms with Gasteiger partial charge in [-0.1, -0.05) is 13.8 Å². The molecule has 0 aromatic rings. The summed E-state index contributed by atoms with van der Waals surface area (Å²) >= 11 is 1.90. The van der Waals surface area contributed by atoms with Gasteiger partial charge < -0.3 is 15.8 Å². The van der Waals surface area contributed by atoms with Crippen LogP contribution in [-0.2, 0) is 9.53 Å². The molecule has 5 unspecified atom stereocenters. The van der Waals surface area contributed by atoms with E-state index >= 15 is 0 Å². The molecular weight excluding hydrogens is 272 g/mol. The highest BCUT2D eigenvalue weighted by Gasteiger charge is 2.71. The summed E-state index contributed by atoms with van der Waals surface area (Å²) in [6, 6.07) is 0.303. The van der Waals surface area contributed by atoms with Gasteiger partial charge in [0.1, 0.15) is 5.54 Å². The van der Waals surface area contributed by atoms with E-state index < -0.39 is 5.54 Å². The Balaban J connectivity index is 1.68. The first kappa shape index (κ1) is 14.7. The van der Waals surface area contributed by atoms with E-state index in [1.807, 2.05) is 11.8 Å². The van der Waals surface area contributed by atoms with Crippen LogP contribution in [0.3, 0.4) is 0 Å². The van der Waals surface area contributed by atoms with E-state index in [-0.39, 0.29) is 23.3 Å². The molecule has 0 spiro atoms. The number of carbonyl (C=O) groups is 1. The van der Waals surface area contributed by atoms with Gasteiger partial charge in [-0.2, -0.15) is 11.8 Å². The minimum atomic E-state index is -0.758. The number of nitrogens with two attached hydrogens (primary N) is 1. The monoisotopic (exact) mass is 298 g/mol. The standard InChI is InChI=1S/C15H26N2O2S/c1-14(2)12-11(6-7-19-12)15(14,16)13(18)17-9-4-5-10(8-9)20-3/h9-12H,4-8,16H2,1-3H3,(H,17,18). The van der Waals surface area contributed by atoms with Gasteiger partial charge in [-0.05, 0) is 31.9 Å². The van der Waals surface area contributed by atoms with E-state index in [0.29, 0.717) is 11.3 Å². The predicted octanol–water partition coefficient (Wildman–Crippen LogP) is 1.53. The van der Waals surface area contributed by atoms with E-state index in [2.05, 4.69) is 25.4 Å². The van der Waals surface area contributed by atoms with Crippen LogP contribution in [0.1, 0.15) is 39.5 Å². The zero-order valence-electron chi connectivity index (χ0n) is 12.6. The van der Waals surface area contributed by atoms with Gasteiger partial charge in [0.2, 0.25) is 5.91 Å². The Morgan fingerprint density at radius 1 is 1.35 bits per heavy atom. The third kappa shape index (κ3) is 1.86. The molecule has 2 aliphatic carbocycles. The third-order valence-electron chi connectivity index (χ3n) is 5.88. The molecule has 0 bridgehead atoms. The molecule has 1 amide bonds. The molecule has 0 radical (unpaired) electrons. The molecule has 1 saturated heterocycles. The first-order chi connectivity index (χ1) is 9.41. The summed E-state index contributed by atoms with van der Waals surface area (Å²) in [5.41, 5.74) is 5.53. The summed E-state index contributed by atoms with van der Waals surface area (Å²) in [6.45, 7) is 4.87. The van der Waals surface area contributed by atoms with Crippen LogP contribution in [0.15, 0.2) is 0 Å². The Morgan fingerprint density at radius 3 is 2.75 bits per heavy atom. The highest BCUT2D eigenvalue weighted by molar-refractivity contribution is 7.99. The molecular formula is C15H26N2O2S. The number of rotatable bonds is 3. The van der Waals surface area contributed by atoms with Crippen LogP contribution in [-0.4, -0.2) is 41.7 Å². The molecule has 3 aliphatic rings. The van der Waals surface area contributed by atoms with Crippen molar-refractivity contribution in [3.8, 4) is 0 Å². The number of hydrogen-bond donors (Lipinski definition) is 2. The number of thioether (sulfide) groups is 1. The van der Waals surface area contributed by atoms with Crippen molar-refractivity contribution in [2.75, 3.05) is 12.9 Å². The molecule has 114 valence electrons. The molecule has 4 nitrogen and oxygen atoms in total. The average Bonchev–Trinajstić information content (AvgIpc) is 3.05. The molecule has 0 aromatic carbocycles. The molecule has 2 saturated carbocycles. The maximum atomic E-state index is 12.8. The lowest BCUT2D eigenvalue weighted by molar-refractivity contribution is -0.175. The van der Waals surface area contributed by atoms with E-state index in [9.17, 15) is 4.79 Å². The quantitative estimate of drug-likeness (QED) is 0.829. The number of amides is 1. The van der Waals surface area contributed by atoms with Gasteiger partial charge in [-0.3, -0.25) is 4.79 Å². The van der Waals surface area contributed by atoms with Crippen molar-refractivity contribution in [1.29, 1.82) is 0 Å². The number of nitrogens with one attached hydrogen (secondary N) is 1. The predicted molar refractivity (Wildman–Crippen MR) is 81.6 cm³/mol. The van der Waals surface area contributed by atoms with Crippen molar-refractivity contribution >= 4 is 17.7 Å². The number of ether oxygens (including phenoxy) is 1. The van der Waals surface area contributed by atoms with E-state index in [4.69, 9.17) is 10.5 Å². The molecule has 0 aromatic heterocycles. The van der Waals surface area contributed by atoms with Gasteiger partial charge in [-0.25, -0.2) is 0 Å². The minimum absolute atomic E-state index is 0.0426. The summed E-state index contributed by atoms with van der Waals surface area (Å²) < 4.78 is 5.75. The smallest absolute Gasteiger partial charge is 0.241 e. The summed E-state index contributed by atoms with van der Waals surface area (Å²) in [5, 5.41) is 3.91. The second-order valence-corrected chi connectivity index (χ2v) is 8.26. The van der Waals surface area contributed by atoms with Crippen LogP contribution < -0.4 is 11.1 Å². The zero-order chi connectivity index (χ0) is 14.5. The maximum absolute atomic E-state index is 12.8. The van der Waals surface area contributed by atoms with E-state index in [1.54, 1.807) is 0 Å². The fourth-order valence-electron chi connectivity index (χ4n) is 4.44. The lowest BCUT2D eigenvalue weighted by Crippen LogP contribution is -2.80. The molecule has 3 fully saturated rings. The van der Waals surface area contributed by atoms with Gasteiger partial charge in [0, 0.05) is 29.2 Å². The first-order valence-electron chi connectivity index (χ1n) is 7.65. The Kier molecular flexibility index (Phi) is 3.58. The number of hydrogen-bond acceptors (Lipinski definition) is 4. The van der Waals surface area contributed by atoms with E-state index in [0.717, 1.165) is 25.9 Å². The molecule has 5 heteroatoms. The van der Waals surface area contributed by atoms with Crippen molar-refractivity contribution < 1.29 is 9.53 Å². The lowest BCUT2D eigenvalue weighted by atomic mass is 9.48. The van der Waals surface area contributed by atoms with Crippen LogP contribution in [0.5, 0.6) is 0 Å². The largest absolute Gasteiger partial charge is 0.377 e. The van der Waals surface area contributed by atoms with Gasteiger partial charge in [0.15, 0.2) is 0 Å². The highest BCUT2D eigenvalue weighted by atomic mass is 32.2. The topological polar surface area (TPSA) is 64.4 Å². The van der Waals surface area contributed by atoms with Crippen molar-refractivity contribution in [3.63, 3.8) is 0 Å². The Labute approximate surface area is 125 Å². The van der Waals surface area contributed by atoms with Crippen molar-refractivity contribution in [2.45, 2.75) is 62.5 Å². The summed E-state index contributed by atoms with van der Waals surface area (Å²) in [4.78, 5) is 12.8. The second-order valence-electron chi connectivity index (χ2n) is 7.12. The molecule has 3 N–H and O–H groups in total. The molecule has 3 rings (SSSR count). The Hall–Kier alpha value is -0.260. The molecule has 1 aliphatic heterocycles. The maximum Gasteiger partial charge on any atom is 0.241 e. The van der Waals surface area contributed by atoms with Crippen LogP contribution in [0, 0.1) is 11.3 Å². The van der Waals surface area contributed by atoms with Gasteiger partial charge in [0.05, 0.1) is 6.10 Å². The highest BCUT2D eigenvalue weighted by Crippen LogP contribution is 2.58. The van der Waals surface area contributed by atoms with E-state index in [1.165, 1.54) is 6.42 Å². The minimum Gasteiger partial charge on any atom is -0.377 e.